The highest BCUT2D eigenvalue weighted by atomic mass is 35.5. The van der Waals surface area contributed by atoms with Crippen LogP contribution < -0.4 is 5.56 Å². The van der Waals surface area contributed by atoms with Crippen molar-refractivity contribution in [3.8, 4) is 17.2 Å². The Morgan fingerprint density at radius 3 is 2.63 bits per heavy atom. The molecule has 0 saturated heterocycles. The van der Waals surface area contributed by atoms with Crippen molar-refractivity contribution in [3.63, 3.8) is 0 Å². The van der Waals surface area contributed by atoms with Crippen LogP contribution in [0.25, 0.3) is 11.1 Å². The molecular weight excluding hydrogens is 260 g/mol. The third-order valence-electron chi connectivity index (χ3n) is 3.06. The van der Waals surface area contributed by atoms with E-state index in [-0.39, 0.29) is 11.1 Å². The molecule has 1 aromatic carbocycles. The van der Waals surface area contributed by atoms with Crippen LogP contribution in [0, 0.1) is 18.3 Å². The van der Waals surface area contributed by atoms with Gasteiger partial charge in [-0.1, -0.05) is 29.8 Å². The zero-order valence-electron chi connectivity index (χ0n) is 10.8. The maximum absolute atomic E-state index is 12.2. The molecule has 0 aliphatic heterocycles. The molecule has 0 atom stereocenters. The summed E-state index contributed by atoms with van der Waals surface area (Å²) >= 11 is 6.17. The molecule has 1 aromatic heterocycles. The maximum atomic E-state index is 12.2. The molecule has 0 fully saturated rings. The first-order valence-corrected chi connectivity index (χ1v) is 6.37. The van der Waals surface area contributed by atoms with Crippen molar-refractivity contribution < 1.29 is 0 Å². The van der Waals surface area contributed by atoms with Crippen LogP contribution in [-0.4, -0.2) is 4.57 Å². The van der Waals surface area contributed by atoms with Gasteiger partial charge in [0.2, 0.25) is 0 Å². The van der Waals surface area contributed by atoms with Crippen LogP contribution in [0.4, 0.5) is 0 Å². The van der Waals surface area contributed by atoms with Gasteiger partial charge in [0.1, 0.15) is 11.6 Å². The van der Waals surface area contributed by atoms with Gasteiger partial charge in [-0.15, -0.1) is 0 Å². The number of aromatic nitrogens is 1. The highest BCUT2D eigenvalue weighted by Crippen LogP contribution is 2.31. The van der Waals surface area contributed by atoms with Crippen LogP contribution in [0.2, 0.25) is 5.02 Å². The van der Waals surface area contributed by atoms with Crippen LogP contribution in [0.1, 0.15) is 18.1 Å². The molecule has 0 saturated carbocycles. The van der Waals surface area contributed by atoms with Crippen molar-refractivity contribution in [2.45, 2.75) is 20.4 Å². The second-order valence-corrected chi connectivity index (χ2v) is 4.65. The van der Waals surface area contributed by atoms with Crippen molar-refractivity contribution in [2.75, 3.05) is 0 Å². The second kappa shape index (κ2) is 5.29. The number of benzene rings is 1. The van der Waals surface area contributed by atoms with Crippen molar-refractivity contribution in [1.82, 2.24) is 4.57 Å². The Labute approximate surface area is 116 Å². The van der Waals surface area contributed by atoms with Crippen LogP contribution in [0.15, 0.2) is 35.3 Å². The molecule has 2 rings (SSSR count). The van der Waals surface area contributed by atoms with Gasteiger partial charge < -0.3 is 4.57 Å². The summed E-state index contributed by atoms with van der Waals surface area (Å²) in [5, 5.41) is 9.83. The Hall–Kier alpha value is -2.05. The Morgan fingerprint density at radius 1 is 1.37 bits per heavy atom. The van der Waals surface area contributed by atoms with E-state index in [1.807, 2.05) is 38.1 Å². The maximum Gasteiger partial charge on any atom is 0.269 e. The van der Waals surface area contributed by atoms with Crippen LogP contribution in [0.5, 0.6) is 0 Å². The normalized spacial score (nSPS) is 10.2. The average Bonchev–Trinajstić information content (AvgIpc) is 2.41. The first kappa shape index (κ1) is 13.4. The van der Waals surface area contributed by atoms with Crippen LogP contribution >= 0.6 is 11.6 Å². The Morgan fingerprint density at radius 2 is 2.05 bits per heavy atom. The minimum Gasteiger partial charge on any atom is -0.314 e. The fourth-order valence-corrected chi connectivity index (χ4v) is 2.38. The highest BCUT2D eigenvalue weighted by molar-refractivity contribution is 6.33. The molecule has 2 aromatic rings. The summed E-state index contributed by atoms with van der Waals surface area (Å²) in [6.45, 7) is 4.29. The fraction of sp³-hybridized carbons (Fsp3) is 0.200. The molecule has 0 N–H and O–H groups in total. The lowest BCUT2D eigenvalue weighted by molar-refractivity contribution is 0.721. The third kappa shape index (κ3) is 2.27. The van der Waals surface area contributed by atoms with E-state index in [9.17, 15) is 10.1 Å². The highest BCUT2D eigenvalue weighted by Gasteiger charge is 2.16. The van der Waals surface area contributed by atoms with Gasteiger partial charge in [-0.2, -0.15) is 5.26 Å². The zero-order valence-corrected chi connectivity index (χ0v) is 11.5. The zero-order chi connectivity index (χ0) is 14.0. The standard InChI is InChI=1S/C15H13ClN2O/c1-3-18-9-10(2)14(12(8-17)15(18)19)11-6-4-5-7-13(11)16/h4-7,9H,3H2,1-2H3. The van der Waals surface area contributed by atoms with E-state index in [4.69, 9.17) is 11.6 Å². The van der Waals surface area contributed by atoms with E-state index >= 15 is 0 Å². The van der Waals surface area contributed by atoms with Crippen LogP contribution in [0.3, 0.4) is 0 Å². The van der Waals surface area contributed by atoms with Gasteiger partial charge in [0.05, 0.1) is 0 Å². The number of nitrogens with zero attached hydrogens (tertiary/aromatic N) is 2. The lowest BCUT2D eigenvalue weighted by Crippen LogP contribution is -2.23. The van der Waals surface area contributed by atoms with Gasteiger partial charge in [-0.05, 0) is 25.5 Å². The van der Waals surface area contributed by atoms with E-state index in [0.717, 1.165) is 11.1 Å². The van der Waals surface area contributed by atoms with E-state index in [1.165, 1.54) is 4.57 Å². The SMILES string of the molecule is CCn1cc(C)c(-c2ccccc2Cl)c(C#N)c1=O. The monoisotopic (exact) mass is 272 g/mol. The van der Waals surface area contributed by atoms with E-state index in [1.54, 1.807) is 12.3 Å². The largest absolute Gasteiger partial charge is 0.314 e. The van der Waals surface area contributed by atoms with Gasteiger partial charge in [0, 0.05) is 28.9 Å². The summed E-state index contributed by atoms with van der Waals surface area (Å²) in [7, 11) is 0. The predicted molar refractivity (Wildman–Crippen MR) is 76.3 cm³/mol. The lowest BCUT2D eigenvalue weighted by Gasteiger charge is -2.12. The molecule has 0 unspecified atom stereocenters. The summed E-state index contributed by atoms with van der Waals surface area (Å²) in [5.74, 6) is 0. The first-order chi connectivity index (χ1) is 9.10. The number of hydrogen-bond donors (Lipinski definition) is 0. The average molecular weight is 273 g/mol. The number of pyridine rings is 1. The molecule has 0 radical (unpaired) electrons. The molecule has 0 spiro atoms. The molecule has 96 valence electrons. The lowest BCUT2D eigenvalue weighted by atomic mass is 9.97. The number of aryl methyl sites for hydroxylation is 2. The summed E-state index contributed by atoms with van der Waals surface area (Å²) in [4.78, 5) is 12.2. The molecule has 0 aliphatic carbocycles. The summed E-state index contributed by atoms with van der Waals surface area (Å²) < 4.78 is 1.54. The molecule has 1 heterocycles. The number of nitriles is 1. The molecule has 0 bridgehead atoms. The molecule has 19 heavy (non-hydrogen) atoms. The molecule has 4 heteroatoms. The summed E-state index contributed by atoms with van der Waals surface area (Å²) in [6, 6.07) is 9.25. The van der Waals surface area contributed by atoms with Crippen molar-refractivity contribution in [2.24, 2.45) is 0 Å². The fourth-order valence-electron chi connectivity index (χ4n) is 2.15. The predicted octanol–water partition coefficient (Wildman–Crippen LogP) is 3.37. The van der Waals surface area contributed by atoms with Gasteiger partial charge >= 0.3 is 0 Å². The van der Waals surface area contributed by atoms with Gasteiger partial charge in [0.25, 0.3) is 5.56 Å². The number of hydrogen-bond acceptors (Lipinski definition) is 2. The van der Waals surface area contributed by atoms with E-state index in [2.05, 4.69) is 0 Å². The number of halogens is 1. The topological polar surface area (TPSA) is 45.8 Å². The van der Waals surface area contributed by atoms with Crippen LogP contribution in [-0.2, 0) is 6.54 Å². The van der Waals surface area contributed by atoms with E-state index in [0.29, 0.717) is 17.1 Å². The van der Waals surface area contributed by atoms with Crippen molar-refractivity contribution >= 4 is 11.6 Å². The molecular formula is C15H13ClN2O. The Kier molecular flexibility index (Phi) is 3.73. The molecule has 0 aliphatic rings. The third-order valence-corrected chi connectivity index (χ3v) is 3.39. The van der Waals surface area contributed by atoms with Crippen molar-refractivity contribution in [1.29, 1.82) is 5.26 Å². The van der Waals surface area contributed by atoms with Gasteiger partial charge in [-0.25, -0.2) is 0 Å². The second-order valence-electron chi connectivity index (χ2n) is 4.24. The quantitative estimate of drug-likeness (QED) is 0.841. The smallest absolute Gasteiger partial charge is 0.269 e. The molecule has 3 nitrogen and oxygen atoms in total. The van der Waals surface area contributed by atoms with E-state index < -0.39 is 0 Å². The van der Waals surface area contributed by atoms with Gasteiger partial charge in [-0.3, -0.25) is 4.79 Å². The summed E-state index contributed by atoms with van der Waals surface area (Å²) in [6.07, 6.45) is 1.77. The minimum absolute atomic E-state index is 0.148. The minimum atomic E-state index is -0.273. The van der Waals surface area contributed by atoms with Gasteiger partial charge in [0.15, 0.2) is 0 Å². The Bertz CT molecular complexity index is 726. The molecule has 0 amide bonds. The Balaban J connectivity index is 2.86. The van der Waals surface area contributed by atoms with Crippen molar-refractivity contribution in [3.05, 3.63) is 57.0 Å². The number of rotatable bonds is 2. The first-order valence-electron chi connectivity index (χ1n) is 5.99. The summed E-state index contributed by atoms with van der Waals surface area (Å²) in [5.41, 5.74) is 2.09.